The highest BCUT2D eigenvalue weighted by Crippen LogP contribution is 2.49. The van der Waals surface area contributed by atoms with Gasteiger partial charge in [-0.25, -0.2) is 0 Å². The number of benzene rings is 7. The lowest BCUT2D eigenvalue weighted by molar-refractivity contribution is 1.70. The van der Waals surface area contributed by atoms with Gasteiger partial charge in [-0.15, -0.1) is 22.7 Å². The zero-order valence-electron chi connectivity index (χ0n) is 21.5. The van der Waals surface area contributed by atoms with E-state index in [1.165, 1.54) is 84.1 Å². The number of thiophene rings is 2. The van der Waals surface area contributed by atoms with Crippen molar-refractivity contribution in [2.24, 2.45) is 0 Å². The van der Waals surface area contributed by atoms with Crippen LogP contribution in [0.3, 0.4) is 0 Å². The van der Waals surface area contributed by atoms with Crippen molar-refractivity contribution in [1.29, 1.82) is 0 Å². The molecule has 0 aliphatic carbocycles. The van der Waals surface area contributed by atoms with Gasteiger partial charge in [0.15, 0.2) is 0 Å². The van der Waals surface area contributed by atoms with Crippen LogP contribution in [0.25, 0.3) is 84.1 Å². The maximum absolute atomic E-state index is 2.41. The smallest absolute Gasteiger partial charge is 0.0533 e. The highest BCUT2D eigenvalue weighted by atomic mass is 32.1. The average Bonchev–Trinajstić information content (AvgIpc) is 3.61. The van der Waals surface area contributed by atoms with Crippen molar-refractivity contribution in [3.8, 4) is 21.6 Å². The van der Waals surface area contributed by atoms with E-state index in [1.54, 1.807) is 0 Å². The zero-order valence-corrected chi connectivity index (χ0v) is 23.2. The van der Waals surface area contributed by atoms with Crippen LogP contribution in [0.5, 0.6) is 0 Å². The topological polar surface area (TPSA) is 0 Å². The largest absolute Gasteiger partial charge is 0.134 e. The molecule has 0 bridgehead atoms. The van der Waals surface area contributed by atoms with Crippen LogP contribution in [0.1, 0.15) is 0 Å². The molecule has 2 heteroatoms. The van der Waals surface area contributed by atoms with E-state index in [1.807, 2.05) is 22.7 Å². The van der Waals surface area contributed by atoms with E-state index in [0.29, 0.717) is 0 Å². The molecule has 186 valence electrons. The van der Waals surface area contributed by atoms with Crippen molar-refractivity contribution in [3.05, 3.63) is 133 Å². The third-order valence-corrected chi connectivity index (χ3v) is 10.8. The van der Waals surface area contributed by atoms with Gasteiger partial charge in [-0.1, -0.05) is 121 Å². The predicted molar refractivity (Wildman–Crippen MR) is 178 cm³/mol. The molecule has 0 fully saturated rings. The van der Waals surface area contributed by atoms with Gasteiger partial charge in [0.25, 0.3) is 0 Å². The van der Waals surface area contributed by atoms with Gasteiger partial charge in [0.05, 0.1) is 9.40 Å². The van der Waals surface area contributed by atoms with E-state index in [2.05, 4.69) is 133 Å². The molecule has 2 heterocycles. The molecule has 0 spiro atoms. The monoisotopic (exact) mass is 542 g/mol. The molecular weight excluding hydrogens is 521 g/mol. The summed E-state index contributed by atoms with van der Waals surface area (Å²) in [5.74, 6) is 0. The van der Waals surface area contributed by atoms with Crippen molar-refractivity contribution >= 4 is 85.2 Å². The first kappa shape index (κ1) is 22.3. The summed E-state index contributed by atoms with van der Waals surface area (Å²) in [5.41, 5.74) is 3.95. The van der Waals surface area contributed by atoms with Crippen molar-refractivity contribution in [2.75, 3.05) is 0 Å². The number of fused-ring (bicyclic) bond motifs is 8. The van der Waals surface area contributed by atoms with Gasteiger partial charge in [-0.05, 0) is 61.0 Å². The molecule has 0 atom stereocenters. The third kappa shape index (κ3) is 3.12. The summed E-state index contributed by atoms with van der Waals surface area (Å²) in [6, 6.07) is 49.2. The van der Waals surface area contributed by atoms with Crippen molar-refractivity contribution in [1.82, 2.24) is 0 Å². The van der Waals surface area contributed by atoms with E-state index in [9.17, 15) is 0 Å². The Balaban J connectivity index is 1.40. The summed E-state index contributed by atoms with van der Waals surface area (Å²) >= 11 is 3.86. The SMILES string of the molecule is c1ccc2c(-c3c4ccccc4c(-c4cc5ccc6c7ccccc7sc6c5s4)c4ccccc34)cccc2c1. The molecule has 0 saturated heterocycles. The highest BCUT2D eigenvalue weighted by molar-refractivity contribution is 7.32. The molecule has 0 radical (unpaired) electrons. The first-order chi connectivity index (χ1) is 19.8. The van der Waals surface area contributed by atoms with Crippen LogP contribution in [0.15, 0.2) is 133 Å². The fraction of sp³-hybridized carbons (Fsp3) is 0. The lowest BCUT2D eigenvalue weighted by atomic mass is 9.86. The summed E-state index contributed by atoms with van der Waals surface area (Å²) in [7, 11) is 0. The molecule has 9 aromatic rings. The Morgan fingerprint density at radius 1 is 0.350 bits per heavy atom. The molecule has 2 aromatic heterocycles. The lowest BCUT2D eigenvalue weighted by Gasteiger charge is -2.18. The molecule has 7 aromatic carbocycles. The van der Waals surface area contributed by atoms with Crippen LogP contribution < -0.4 is 0 Å². The van der Waals surface area contributed by atoms with Crippen LogP contribution in [-0.2, 0) is 0 Å². The van der Waals surface area contributed by atoms with Crippen LogP contribution in [-0.4, -0.2) is 0 Å². The van der Waals surface area contributed by atoms with Crippen molar-refractivity contribution in [3.63, 3.8) is 0 Å². The zero-order chi connectivity index (χ0) is 26.2. The van der Waals surface area contributed by atoms with Crippen LogP contribution in [0, 0.1) is 0 Å². The fourth-order valence-electron chi connectivity index (χ4n) is 6.53. The van der Waals surface area contributed by atoms with Crippen LogP contribution >= 0.6 is 22.7 Å². The second kappa shape index (κ2) is 8.50. The molecule has 0 aliphatic heterocycles. The first-order valence-electron chi connectivity index (χ1n) is 13.6. The number of hydrogen-bond donors (Lipinski definition) is 0. The van der Waals surface area contributed by atoms with E-state index >= 15 is 0 Å². The Labute approximate surface area is 239 Å². The van der Waals surface area contributed by atoms with Gasteiger partial charge in [0.1, 0.15) is 0 Å². The van der Waals surface area contributed by atoms with Gasteiger partial charge < -0.3 is 0 Å². The lowest BCUT2D eigenvalue weighted by Crippen LogP contribution is -1.90. The molecule has 0 N–H and O–H groups in total. The summed E-state index contributed by atoms with van der Waals surface area (Å²) in [6.07, 6.45) is 0. The molecular formula is C38H22S2. The average molecular weight is 543 g/mol. The summed E-state index contributed by atoms with van der Waals surface area (Å²) in [4.78, 5) is 1.33. The van der Waals surface area contributed by atoms with E-state index in [-0.39, 0.29) is 0 Å². The molecule has 0 unspecified atom stereocenters. The minimum atomic E-state index is 1.27. The Hall–Kier alpha value is -4.50. The minimum Gasteiger partial charge on any atom is -0.134 e. The summed E-state index contributed by atoms with van der Waals surface area (Å²) in [6.45, 7) is 0. The van der Waals surface area contributed by atoms with E-state index < -0.39 is 0 Å². The second-order valence-electron chi connectivity index (χ2n) is 10.4. The molecule has 0 nitrogen and oxygen atoms in total. The van der Waals surface area contributed by atoms with Gasteiger partial charge in [0.2, 0.25) is 0 Å². The number of rotatable bonds is 2. The predicted octanol–water partition coefficient (Wildman–Crippen LogP) is 12.1. The quantitative estimate of drug-likeness (QED) is 0.191. The Morgan fingerprint density at radius 2 is 0.950 bits per heavy atom. The van der Waals surface area contributed by atoms with Gasteiger partial charge in [-0.2, -0.15) is 0 Å². The molecule has 0 aliphatic rings. The van der Waals surface area contributed by atoms with Gasteiger partial charge in [-0.3, -0.25) is 0 Å². The van der Waals surface area contributed by atoms with E-state index in [0.717, 1.165) is 0 Å². The van der Waals surface area contributed by atoms with Crippen LogP contribution in [0.2, 0.25) is 0 Å². The third-order valence-electron chi connectivity index (χ3n) is 8.27. The Bertz CT molecular complexity index is 2370. The molecule has 0 amide bonds. The fourth-order valence-corrected chi connectivity index (χ4v) is 9.11. The standard InChI is InChI=1S/C38H22S2/c1-2-12-25-23(10-1)11-9-18-27(25)35-28-14-3-5-16-30(28)36(31-17-6-4-15-29(31)35)34-22-24-20-21-32-26-13-7-8-19-33(26)39-38(32)37(24)40-34/h1-22H. The van der Waals surface area contributed by atoms with Gasteiger partial charge in [0, 0.05) is 25.9 Å². The molecule has 9 rings (SSSR count). The summed E-state index contributed by atoms with van der Waals surface area (Å²) < 4.78 is 4.14. The first-order valence-corrected chi connectivity index (χ1v) is 15.2. The van der Waals surface area contributed by atoms with E-state index in [4.69, 9.17) is 0 Å². The normalized spacial score (nSPS) is 12.0. The van der Waals surface area contributed by atoms with Crippen LogP contribution in [0.4, 0.5) is 0 Å². The maximum atomic E-state index is 2.41. The van der Waals surface area contributed by atoms with Crippen molar-refractivity contribution < 1.29 is 0 Å². The summed E-state index contributed by atoms with van der Waals surface area (Å²) in [5, 5.41) is 11.8. The molecule has 0 saturated carbocycles. The Morgan fingerprint density at radius 3 is 1.70 bits per heavy atom. The Kier molecular flexibility index (Phi) is 4.74. The minimum absolute atomic E-state index is 1.27. The molecule has 40 heavy (non-hydrogen) atoms. The maximum Gasteiger partial charge on any atom is 0.0533 e. The van der Waals surface area contributed by atoms with Gasteiger partial charge >= 0.3 is 0 Å². The highest BCUT2D eigenvalue weighted by Gasteiger charge is 2.20. The number of hydrogen-bond acceptors (Lipinski definition) is 2. The van der Waals surface area contributed by atoms with Crippen molar-refractivity contribution in [2.45, 2.75) is 0 Å². The second-order valence-corrected chi connectivity index (χ2v) is 12.5.